The normalized spacial score (nSPS) is 19.7. The second-order valence-electron chi connectivity index (χ2n) is 13.9. The molecular weight excluding hydrogens is 737 g/mol. The summed E-state index contributed by atoms with van der Waals surface area (Å²) in [6.45, 7) is 29.4. The summed E-state index contributed by atoms with van der Waals surface area (Å²) in [7, 11) is 0. The summed E-state index contributed by atoms with van der Waals surface area (Å²) >= 11 is 4.45. The fourth-order valence-electron chi connectivity index (χ4n) is 5.37. The van der Waals surface area contributed by atoms with Crippen LogP contribution in [0.1, 0.15) is 159 Å². The maximum Gasteiger partial charge on any atom is -0.0276 e. The molecule has 0 aromatic rings. The Morgan fingerprint density at radius 2 is 1.67 bits per heavy atom. The second-order valence-corrected chi connectivity index (χ2v) is 15.7. The van der Waals surface area contributed by atoms with Crippen LogP contribution in [0.2, 0.25) is 4.37 Å². The van der Waals surface area contributed by atoms with Gasteiger partial charge in [-0.2, -0.15) is 12.3 Å². The zero-order valence-corrected chi connectivity index (χ0v) is 37.9. The Morgan fingerprint density at radius 3 is 2.04 bits per heavy atom. The van der Waals surface area contributed by atoms with E-state index in [9.17, 15) is 0 Å². The molecule has 2 heteroatoms. The predicted molar refractivity (Wildman–Crippen MR) is 226 cm³/mol. The van der Waals surface area contributed by atoms with E-state index in [0.717, 1.165) is 30.1 Å². The molecule has 2 rings (SSSR count). The van der Waals surface area contributed by atoms with Crippen LogP contribution in [0.4, 0.5) is 0 Å². The van der Waals surface area contributed by atoms with Crippen LogP contribution in [0.3, 0.4) is 0 Å². The molecule has 0 aliphatic heterocycles. The van der Waals surface area contributed by atoms with Gasteiger partial charge in [0.15, 0.2) is 0 Å². The Hall–Kier alpha value is -0.547. The van der Waals surface area contributed by atoms with Gasteiger partial charge in [0.1, 0.15) is 0 Å². The molecular formula is C47H81SbV. The van der Waals surface area contributed by atoms with Crippen molar-refractivity contribution >= 4 is 27.8 Å². The molecule has 2 radical (unpaired) electrons. The van der Waals surface area contributed by atoms with Gasteiger partial charge in [0.25, 0.3) is 0 Å². The van der Waals surface area contributed by atoms with Crippen LogP contribution in [0.15, 0.2) is 79.0 Å². The maximum absolute atomic E-state index is 5.29. The number of allylic oxidation sites excluding steroid dienone is 12. The summed E-state index contributed by atoms with van der Waals surface area (Å²) in [5.74, 6) is 4.70. The van der Waals surface area contributed by atoms with E-state index in [4.69, 9.17) is 6.58 Å². The van der Waals surface area contributed by atoms with Crippen molar-refractivity contribution in [3.63, 3.8) is 0 Å². The molecule has 2 aliphatic rings. The standard InChI is InChI=1S/C21H36.C8H15.C8H9.C6H12.C4H9.Sb.V/c1-6-10-11-12-15-20(9-4)18-19(5)16-17-21(13-7-2)14-8-3;1-7-3-5-8(2)6-4-7;1-2-8-6-4-3-5-7-8;1-4-6(3)5-2;1-3-4-2;;/h7-8,13-14,16-17,19-20H,2,6,9-12,15,18H2,1,3-5H3;3,7-8H,4-6H2,1-2H3;1-6,8H,7H2;3,6H,4-5H2,1-2H3;1,3-4H2,2H3;;/q;2*-1;;;;+2/b14-8-,17-16+,21-13+;;;;;;. The van der Waals surface area contributed by atoms with Gasteiger partial charge in [-0.05, 0) is 43.1 Å². The molecule has 279 valence electrons. The molecule has 5 atom stereocenters. The second kappa shape index (κ2) is 41.9. The molecule has 0 heterocycles. The van der Waals surface area contributed by atoms with Crippen molar-refractivity contribution in [2.75, 3.05) is 0 Å². The van der Waals surface area contributed by atoms with E-state index in [1.165, 1.54) is 99.8 Å². The molecule has 5 unspecified atom stereocenters. The molecule has 0 nitrogen and oxygen atoms in total. The van der Waals surface area contributed by atoms with Crippen LogP contribution in [0, 0.1) is 48.5 Å². The summed E-state index contributed by atoms with van der Waals surface area (Å²) in [5.41, 5.74) is 1.23. The Balaban J connectivity index is -0.000000616. The van der Waals surface area contributed by atoms with Crippen molar-refractivity contribution in [1.82, 2.24) is 0 Å². The van der Waals surface area contributed by atoms with Gasteiger partial charge in [-0.3, -0.25) is 6.08 Å². The van der Waals surface area contributed by atoms with Crippen LogP contribution >= 0.6 is 0 Å². The Morgan fingerprint density at radius 1 is 0.980 bits per heavy atom. The van der Waals surface area contributed by atoms with Crippen LogP contribution < -0.4 is 0 Å². The number of unbranched alkanes of at least 4 members (excludes halogenated alkanes) is 4. The molecule has 0 amide bonds. The van der Waals surface area contributed by atoms with Crippen molar-refractivity contribution < 1.29 is 17.0 Å². The smallest absolute Gasteiger partial charge is 0.0276 e. The fourth-order valence-corrected chi connectivity index (χ4v) is 6.93. The Labute approximate surface area is 333 Å². The third-order valence-electron chi connectivity index (χ3n) is 9.12. The molecule has 0 aromatic carbocycles. The maximum atomic E-state index is 5.29. The van der Waals surface area contributed by atoms with Gasteiger partial charge in [0, 0.05) is 0 Å². The molecule has 1 saturated carbocycles. The number of rotatable bonds is 18. The zero-order valence-electron chi connectivity index (χ0n) is 34.0. The molecule has 1 fully saturated rings. The first-order valence-electron chi connectivity index (χ1n) is 20.1. The zero-order chi connectivity index (χ0) is 37.5. The van der Waals surface area contributed by atoms with Crippen molar-refractivity contribution in [3.05, 3.63) is 92.0 Å². The number of hydrogen-bond acceptors (Lipinski definition) is 0. The minimum absolute atomic E-state index is 0.472. The average molecular weight is 819 g/mol. The first-order valence-corrected chi connectivity index (χ1v) is 22.7. The van der Waals surface area contributed by atoms with E-state index in [1.54, 1.807) is 6.08 Å². The third-order valence-corrected chi connectivity index (χ3v) is 10.7. The third kappa shape index (κ3) is 38.5. The quantitative estimate of drug-likeness (QED) is 0.0559. The number of hydrogen-bond donors (Lipinski definition) is 0. The van der Waals surface area contributed by atoms with E-state index < -0.39 is 0 Å². The van der Waals surface area contributed by atoms with E-state index in [2.05, 4.69) is 140 Å². The van der Waals surface area contributed by atoms with Crippen molar-refractivity contribution in [1.29, 1.82) is 0 Å². The van der Waals surface area contributed by atoms with Crippen molar-refractivity contribution in [3.8, 4) is 0 Å². The van der Waals surface area contributed by atoms with E-state index in [0.29, 0.717) is 11.8 Å². The van der Waals surface area contributed by atoms with Gasteiger partial charge in [0.2, 0.25) is 0 Å². The molecule has 0 N–H and O–H groups in total. The summed E-state index contributed by atoms with van der Waals surface area (Å²) < 4.78 is 3.61. The van der Waals surface area contributed by atoms with Crippen molar-refractivity contribution in [2.24, 2.45) is 35.5 Å². The van der Waals surface area contributed by atoms with E-state index in [-0.39, 0.29) is 0 Å². The van der Waals surface area contributed by atoms with Gasteiger partial charge in [-0.25, -0.2) is 0 Å². The van der Waals surface area contributed by atoms with Crippen LogP contribution in [0.25, 0.3) is 0 Å². The average Bonchev–Trinajstić information content (AvgIpc) is 3.12. The topological polar surface area (TPSA) is 0 Å². The summed E-state index contributed by atoms with van der Waals surface area (Å²) in [5, 5.41) is 0. The summed E-state index contributed by atoms with van der Waals surface area (Å²) in [6, 6.07) is 0. The van der Waals surface area contributed by atoms with Gasteiger partial charge in [0.05, 0.1) is 0 Å². The first kappa shape index (κ1) is 52.8. The summed E-state index contributed by atoms with van der Waals surface area (Å²) in [6.07, 6.45) is 45.3. The molecule has 2 aliphatic carbocycles. The molecule has 0 saturated heterocycles. The molecule has 0 bridgehead atoms. The van der Waals surface area contributed by atoms with Crippen LogP contribution in [-0.4, -0.2) is 27.8 Å². The Kier molecular flexibility index (Phi) is 45.1. The van der Waals surface area contributed by atoms with Gasteiger partial charge in [-0.1, -0.05) is 159 Å². The van der Waals surface area contributed by atoms with Crippen LogP contribution in [0.5, 0.6) is 0 Å². The van der Waals surface area contributed by atoms with Gasteiger partial charge < -0.3 is 13.0 Å². The van der Waals surface area contributed by atoms with E-state index in [1.807, 2.05) is 41.3 Å². The molecule has 0 aromatic heterocycles. The van der Waals surface area contributed by atoms with Crippen LogP contribution in [-0.2, 0) is 17.0 Å². The molecule has 0 spiro atoms. The summed E-state index contributed by atoms with van der Waals surface area (Å²) in [4.78, 5) is 0. The fraction of sp³-hybridized carbons (Fsp3) is 0.660. The minimum atomic E-state index is 0.472. The Bertz CT molecular complexity index is 851. The van der Waals surface area contributed by atoms with Gasteiger partial charge >= 0.3 is 101 Å². The monoisotopic (exact) mass is 817 g/mol. The van der Waals surface area contributed by atoms with Gasteiger partial charge in [-0.15, -0.1) is 0 Å². The predicted octanol–water partition coefficient (Wildman–Crippen LogP) is 15.2. The largest absolute Gasteiger partial charge is 0.517 e. The SMILES string of the molecule is C=C/C=C(\C=C/C)/C=C/C(C)CC(CC)CCCCCC.CC1[CH-]CC(C)CC1.CCC([CH]=[V+2])CC.CCC[CH2][Sb].[CH-]=CC1C=CC=CC1. The van der Waals surface area contributed by atoms with E-state index >= 15 is 0 Å². The first-order chi connectivity index (χ1) is 23.7. The van der Waals surface area contributed by atoms with Crippen molar-refractivity contribution in [2.45, 2.75) is 163 Å². The molecule has 49 heavy (non-hydrogen) atoms. The minimum Gasteiger partial charge on any atom is -0.517 e.